The molecule has 0 heterocycles. The van der Waals surface area contributed by atoms with Crippen molar-refractivity contribution >= 4 is 38.7 Å². The number of carbonyl (C=O) groups is 1. The summed E-state index contributed by atoms with van der Waals surface area (Å²) in [6, 6.07) is 17.8. The van der Waals surface area contributed by atoms with Gasteiger partial charge in [0.25, 0.3) is 0 Å². The van der Waals surface area contributed by atoms with E-state index in [2.05, 4.69) is 15.9 Å². The van der Waals surface area contributed by atoms with E-state index in [1.54, 1.807) is 30.3 Å². The Morgan fingerprint density at radius 1 is 0.917 bits per heavy atom. The van der Waals surface area contributed by atoms with Crippen molar-refractivity contribution < 1.29 is 20.1 Å². The average molecular weight is 387 g/mol. The number of rotatable bonds is 2. The van der Waals surface area contributed by atoms with Crippen molar-refractivity contribution in [2.45, 2.75) is 0 Å². The molecule has 0 fully saturated rings. The Morgan fingerprint density at radius 2 is 1.58 bits per heavy atom. The summed E-state index contributed by atoms with van der Waals surface area (Å²) in [7, 11) is 0. The van der Waals surface area contributed by atoms with E-state index in [4.69, 9.17) is 5.11 Å². The van der Waals surface area contributed by atoms with E-state index >= 15 is 0 Å². The standard InChI is InChI=1S/C10H7BrO.C9H8O3/c11-9-3-1-8-6-10(12)4-2-7(8)5-9;10-8-4-2-1-3-7(8)5-6-9(11)12/h1-6,12H;1-6,10H,(H,11,12)/b;6-5+. The molecule has 0 saturated heterocycles. The number of aliphatic carboxylic acids is 1. The Kier molecular flexibility index (Phi) is 5.98. The van der Waals surface area contributed by atoms with Crippen LogP contribution in [-0.4, -0.2) is 21.3 Å². The van der Waals surface area contributed by atoms with Crippen molar-refractivity contribution in [1.29, 1.82) is 0 Å². The molecule has 0 aliphatic heterocycles. The number of hydrogen-bond acceptors (Lipinski definition) is 3. The summed E-state index contributed by atoms with van der Waals surface area (Å²) in [4.78, 5) is 10.1. The van der Waals surface area contributed by atoms with Crippen LogP contribution in [-0.2, 0) is 4.79 Å². The molecule has 0 aromatic heterocycles. The highest BCUT2D eigenvalue weighted by Crippen LogP contribution is 2.23. The Balaban J connectivity index is 0.000000174. The molecular formula is C19H15BrO4. The van der Waals surface area contributed by atoms with Gasteiger partial charge in [-0.3, -0.25) is 0 Å². The third-order valence-corrected chi connectivity index (χ3v) is 3.62. The van der Waals surface area contributed by atoms with Gasteiger partial charge >= 0.3 is 5.97 Å². The Labute approximate surface area is 147 Å². The molecule has 24 heavy (non-hydrogen) atoms. The van der Waals surface area contributed by atoms with Gasteiger partial charge < -0.3 is 15.3 Å². The van der Waals surface area contributed by atoms with E-state index in [0.29, 0.717) is 11.3 Å². The van der Waals surface area contributed by atoms with Crippen LogP contribution in [0.15, 0.2) is 71.2 Å². The molecule has 4 nitrogen and oxygen atoms in total. The summed E-state index contributed by atoms with van der Waals surface area (Å²) in [5.41, 5.74) is 0.500. The zero-order valence-corrected chi connectivity index (χ0v) is 14.1. The largest absolute Gasteiger partial charge is 0.508 e. The van der Waals surface area contributed by atoms with Crippen molar-refractivity contribution in [2.75, 3.05) is 0 Å². The molecular weight excluding hydrogens is 372 g/mol. The predicted molar refractivity (Wildman–Crippen MR) is 98.1 cm³/mol. The Hall–Kier alpha value is -2.79. The lowest BCUT2D eigenvalue weighted by Gasteiger charge is -1.98. The van der Waals surface area contributed by atoms with Gasteiger partial charge in [-0.1, -0.05) is 46.3 Å². The lowest BCUT2D eigenvalue weighted by molar-refractivity contribution is -0.131. The molecule has 0 aliphatic rings. The first-order valence-electron chi connectivity index (χ1n) is 7.03. The number of benzene rings is 3. The highest BCUT2D eigenvalue weighted by Gasteiger charge is 1.95. The van der Waals surface area contributed by atoms with Gasteiger partial charge in [0.05, 0.1) is 0 Å². The van der Waals surface area contributed by atoms with E-state index < -0.39 is 5.97 Å². The predicted octanol–water partition coefficient (Wildman–Crippen LogP) is 4.80. The lowest BCUT2D eigenvalue weighted by Crippen LogP contribution is -1.85. The Bertz CT molecular complexity index is 846. The van der Waals surface area contributed by atoms with Gasteiger partial charge in [-0.25, -0.2) is 4.79 Å². The number of fused-ring (bicyclic) bond motifs is 1. The smallest absolute Gasteiger partial charge is 0.328 e. The number of carboxylic acid groups (broad SMARTS) is 1. The molecule has 3 aromatic rings. The average Bonchev–Trinajstić information content (AvgIpc) is 2.55. The molecule has 5 heteroatoms. The van der Waals surface area contributed by atoms with Crippen LogP contribution in [0.1, 0.15) is 5.56 Å². The van der Waals surface area contributed by atoms with Gasteiger partial charge in [-0.15, -0.1) is 0 Å². The molecule has 0 radical (unpaired) electrons. The third kappa shape index (κ3) is 5.14. The van der Waals surface area contributed by atoms with E-state index in [-0.39, 0.29) is 5.75 Å². The van der Waals surface area contributed by atoms with Crippen molar-refractivity contribution in [1.82, 2.24) is 0 Å². The molecule has 0 atom stereocenters. The molecule has 0 saturated carbocycles. The second-order valence-electron chi connectivity index (χ2n) is 4.91. The summed E-state index contributed by atoms with van der Waals surface area (Å²) < 4.78 is 1.06. The van der Waals surface area contributed by atoms with Crippen LogP contribution in [0.4, 0.5) is 0 Å². The molecule has 0 spiro atoms. The minimum atomic E-state index is -1.03. The van der Waals surface area contributed by atoms with Gasteiger partial charge in [0.1, 0.15) is 11.5 Å². The first-order chi connectivity index (χ1) is 11.5. The van der Waals surface area contributed by atoms with Crippen LogP contribution in [0.3, 0.4) is 0 Å². The van der Waals surface area contributed by atoms with Gasteiger partial charge in [0.2, 0.25) is 0 Å². The molecule has 3 rings (SSSR count). The number of phenols is 2. The molecule has 0 aliphatic carbocycles. The van der Waals surface area contributed by atoms with E-state index in [1.807, 2.05) is 24.3 Å². The Morgan fingerprint density at radius 3 is 2.29 bits per heavy atom. The van der Waals surface area contributed by atoms with Crippen molar-refractivity contribution in [3.05, 3.63) is 76.8 Å². The number of aromatic hydroxyl groups is 2. The summed E-state index contributed by atoms with van der Waals surface area (Å²) in [5.74, 6) is -0.641. The second-order valence-corrected chi connectivity index (χ2v) is 5.82. The highest BCUT2D eigenvalue weighted by molar-refractivity contribution is 9.10. The first-order valence-corrected chi connectivity index (χ1v) is 7.82. The SMILES string of the molecule is O=C(O)/C=C/c1ccccc1O.Oc1ccc2cc(Br)ccc2c1. The molecule has 3 N–H and O–H groups in total. The molecule has 0 amide bonds. The van der Waals surface area contributed by atoms with Gasteiger partial charge in [0, 0.05) is 16.1 Å². The molecule has 3 aromatic carbocycles. The van der Waals surface area contributed by atoms with Gasteiger partial charge in [0.15, 0.2) is 0 Å². The van der Waals surface area contributed by atoms with Crippen LogP contribution in [0, 0.1) is 0 Å². The molecule has 0 unspecified atom stereocenters. The highest BCUT2D eigenvalue weighted by atomic mass is 79.9. The number of para-hydroxylation sites is 1. The summed E-state index contributed by atoms with van der Waals surface area (Å²) in [6.07, 6.45) is 2.33. The maximum absolute atomic E-state index is 10.1. The third-order valence-electron chi connectivity index (χ3n) is 3.13. The minimum Gasteiger partial charge on any atom is -0.508 e. The maximum Gasteiger partial charge on any atom is 0.328 e. The lowest BCUT2D eigenvalue weighted by atomic mass is 10.1. The summed E-state index contributed by atoms with van der Waals surface area (Å²) in [5, 5.41) is 28.8. The van der Waals surface area contributed by atoms with Crippen molar-refractivity contribution in [2.24, 2.45) is 0 Å². The number of hydrogen-bond donors (Lipinski definition) is 3. The summed E-state index contributed by atoms with van der Waals surface area (Å²) >= 11 is 3.39. The zero-order chi connectivity index (χ0) is 17.5. The van der Waals surface area contributed by atoms with Crippen LogP contribution in [0.5, 0.6) is 11.5 Å². The van der Waals surface area contributed by atoms with E-state index in [1.165, 1.54) is 12.1 Å². The fourth-order valence-electron chi connectivity index (χ4n) is 1.99. The molecule has 122 valence electrons. The summed E-state index contributed by atoms with van der Waals surface area (Å²) in [6.45, 7) is 0. The fraction of sp³-hybridized carbons (Fsp3) is 0. The van der Waals surface area contributed by atoms with Crippen LogP contribution < -0.4 is 0 Å². The van der Waals surface area contributed by atoms with E-state index in [0.717, 1.165) is 21.3 Å². The number of carboxylic acids is 1. The maximum atomic E-state index is 10.1. The molecule has 0 bridgehead atoms. The van der Waals surface area contributed by atoms with Gasteiger partial charge in [-0.2, -0.15) is 0 Å². The minimum absolute atomic E-state index is 0.0787. The fourth-order valence-corrected chi connectivity index (χ4v) is 2.37. The first kappa shape index (κ1) is 17.6. The van der Waals surface area contributed by atoms with Crippen LogP contribution in [0.2, 0.25) is 0 Å². The van der Waals surface area contributed by atoms with Gasteiger partial charge in [-0.05, 0) is 47.2 Å². The second kappa shape index (κ2) is 8.17. The van der Waals surface area contributed by atoms with E-state index in [9.17, 15) is 15.0 Å². The number of phenolic OH excluding ortho intramolecular Hbond substituents is 2. The quantitative estimate of drug-likeness (QED) is 0.552. The normalized spacial score (nSPS) is 10.4. The topological polar surface area (TPSA) is 77.8 Å². The number of halogens is 1. The van der Waals surface area contributed by atoms with Crippen molar-refractivity contribution in [3.63, 3.8) is 0 Å². The monoisotopic (exact) mass is 386 g/mol. The van der Waals surface area contributed by atoms with Crippen molar-refractivity contribution in [3.8, 4) is 11.5 Å². The zero-order valence-electron chi connectivity index (χ0n) is 12.6. The van der Waals surface area contributed by atoms with Crippen LogP contribution in [0.25, 0.3) is 16.8 Å². The van der Waals surface area contributed by atoms with Crippen LogP contribution >= 0.6 is 15.9 Å².